The number of amides is 2. The number of hydrogen-bond acceptors (Lipinski definition) is 3. The molecule has 2 N–H and O–H groups in total. The number of rotatable bonds is 11. The van der Waals surface area contributed by atoms with Crippen molar-refractivity contribution in [2.45, 2.75) is 79.4 Å². The molecule has 0 saturated heterocycles. The first kappa shape index (κ1) is 29.8. The third kappa shape index (κ3) is 8.90. The number of halogens is 2. The van der Waals surface area contributed by atoms with Crippen molar-refractivity contribution < 1.29 is 14.0 Å². The number of aryl methyl sites for hydroxylation is 2. The molecule has 5 nitrogen and oxygen atoms in total. The molecule has 36 heavy (non-hydrogen) atoms. The fourth-order valence-electron chi connectivity index (χ4n) is 4.19. The molecular formula is C29H41ClFN3O2. The summed E-state index contributed by atoms with van der Waals surface area (Å²) in [6.45, 7) is 15.0. The number of hydrogen-bond donors (Lipinski definition) is 2. The van der Waals surface area contributed by atoms with E-state index in [-0.39, 0.29) is 29.3 Å². The quantitative estimate of drug-likeness (QED) is 0.363. The summed E-state index contributed by atoms with van der Waals surface area (Å²) in [5.74, 6) is -1.46. The van der Waals surface area contributed by atoms with E-state index in [0.29, 0.717) is 17.8 Å². The van der Waals surface area contributed by atoms with Gasteiger partial charge in [-0.25, -0.2) is 4.39 Å². The molecule has 2 aromatic rings. The van der Waals surface area contributed by atoms with Crippen molar-refractivity contribution in [1.29, 1.82) is 0 Å². The van der Waals surface area contributed by atoms with Crippen LogP contribution in [0.4, 0.5) is 10.1 Å². The van der Waals surface area contributed by atoms with Gasteiger partial charge < -0.3 is 10.6 Å². The molecular weight excluding hydrogens is 477 g/mol. The molecule has 0 radical (unpaired) electrons. The van der Waals surface area contributed by atoms with Crippen LogP contribution < -0.4 is 15.5 Å². The number of nitrogens with zero attached hydrogens (tertiary/aromatic N) is 1. The van der Waals surface area contributed by atoms with E-state index in [1.54, 1.807) is 0 Å². The fraction of sp³-hybridized carbons (Fsp3) is 0.517. The molecule has 198 valence electrons. The van der Waals surface area contributed by atoms with Gasteiger partial charge in [-0.2, -0.15) is 0 Å². The molecule has 0 spiro atoms. The van der Waals surface area contributed by atoms with E-state index in [4.69, 9.17) is 11.6 Å². The molecule has 2 aromatic carbocycles. The van der Waals surface area contributed by atoms with E-state index in [0.717, 1.165) is 18.4 Å². The molecule has 0 fully saturated rings. The van der Waals surface area contributed by atoms with Crippen LogP contribution in [0.15, 0.2) is 42.5 Å². The van der Waals surface area contributed by atoms with E-state index < -0.39 is 17.8 Å². The highest BCUT2D eigenvalue weighted by atomic mass is 35.5. The monoisotopic (exact) mass is 517 g/mol. The Kier molecular flexibility index (Phi) is 10.9. The summed E-state index contributed by atoms with van der Waals surface area (Å²) < 4.78 is 13.7. The van der Waals surface area contributed by atoms with Crippen LogP contribution in [0.3, 0.4) is 0 Å². The maximum Gasteiger partial charge on any atom is 0.247 e. The lowest BCUT2D eigenvalue weighted by Gasteiger charge is -2.33. The van der Waals surface area contributed by atoms with Crippen molar-refractivity contribution in [3.63, 3.8) is 0 Å². The van der Waals surface area contributed by atoms with Gasteiger partial charge in [0, 0.05) is 24.3 Å². The van der Waals surface area contributed by atoms with Crippen molar-refractivity contribution in [2.75, 3.05) is 17.3 Å². The van der Waals surface area contributed by atoms with Crippen LogP contribution in [-0.2, 0) is 16.0 Å². The van der Waals surface area contributed by atoms with Gasteiger partial charge in [-0.1, -0.05) is 58.9 Å². The Bertz CT molecular complexity index is 1020. The standard InChI is InChI=1S/C29H41ClFN3O2/c1-19(2)33-21(4)18-32-28(36)27(23-9-11-24(31)12-10-23)34(26(35)17-30)25-13-8-22(16-20(25)3)14-15-29(5,6)7/h8-13,16,19,21,27,33H,14-15,17-18H2,1-7H3,(H,32,36). The first-order valence-electron chi connectivity index (χ1n) is 12.6. The van der Waals surface area contributed by atoms with Crippen LogP contribution >= 0.6 is 11.6 Å². The number of carbonyl (C=O) groups is 2. The smallest absolute Gasteiger partial charge is 0.247 e. The summed E-state index contributed by atoms with van der Waals surface area (Å²) in [6, 6.07) is 10.9. The number of carbonyl (C=O) groups excluding carboxylic acids is 2. The summed E-state index contributed by atoms with van der Waals surface area (Å²) >= 11 is 6.03. The molecule has 0 heterocycles. The number of alkyl halides is 1. The lowest BCUT2D eigenvalue weighted by molar-refractivity contribution is -0.126. The minimum Gasteiger partial charge on any atom is -0.352 e. The van der Waals surface area contributed by atoms with Gasteiger partial charge in [-0.05, 0) is 67.0 Å². The highest BCUT2D eigenvalue weighted by molar-refractivity contribution is 6.30. The average Bonchev–Trinajstić information content (AvgIpc) is 2.79. The number of anilines is 1. The van der Waals surface area contributed by atoms with E-state index in [9.17, 15) is 14.0 Å². The Morgan fingerprint density at radius 2 is 1.69 bits per heavy atom. The van der Waals surface area contributed by atoms with Gasteiger partial charge in [-0.3, -0.25) is 14.5 Å². The van der Waals surface area contributed by atoms with Crippen LogP contribution in [0.1, 0.15) is 70.7 Å². The van der Waals surface area contributed by atoms with Gasteiger partial charge in [0.1, 0.15) is 17.7 Å². The van der Waals surface area contributed by atoms with E-state index in [1.807, 2.05) is 39.8 Å². The van der Waals surface area contributed by atoms with Crippen molar-refractivity contribution >= 4 is 29.1 Å². The third-order valence-electron chi connectivity index (χ3n) is 5.96. The first-order chi connectivity index (χ1) is 16.8. The molecule has 2 atom stereocenters. The lowest BCUT2D eigenvalue weighted by atomic mass is 9.88. The van der Waals surface area contributed by atoms with Gasteiger partial charge in [0.15, 0.2) is 0 Å². The minimum absolute atomic E-state index is 0.0313. The summed E-state index contributed by atoms with van der Waals surface area (Å²) in [4.78, 5) is 28.2. The average molecular weight is 518 g/mol. The van der Waals surface area contributed by atoms with Crippen LogP contribution in [0, 0.1) is 18.2 Å². The summed E-state index contributed by atoms with van der Waals surface area (Å²) in [5, 5.41) is 6.32. The van der Waals surface area contributed by atoms with Crippen LogP contribution in [-0.4, -0.2) is 36.3 Å². The van der Waals surface area contributed by atoms with Crippen LogP contribution in [0.2, 0.25) is 0 Å². The lowest BCUT2D eigenvalue weighted by Crippen LogP contribution is -2.48. The molecule has 0 aliphatic carbocycles. The van der Waals surface area contributed by atoms with Gasteiger partial charge in [-0.15, -0.1) is 11.6 Å². The topological polar surface area (TPSA) is 61.4 Å². The first-order valence-corrected chi connectivity index (χ1v) is 13.1. The van der Waals surface area contributed by atoms with E-state index in [2.05, 4.69) is 37.5 Å². The number of nitrogens with one attached hydrogen (secondary N) is 2. The Hall–Kier alpha value is -2.44. The van der Waals surface area contributed by atoms with Crippen molar-refractivity contribution in [1.82, 2.24) is 10.6 Å². The Balaban J connectivity index is 2.47. The largest absolute Gasteiger partial charge is 0.352 e. The second-order valence-corrected chi connectivity index (χ2v) is 11.3. The Labute approximate surface area is 220 Å². The maximum atomic E-state index is 13.7. The zero-order valence-electron chi connectivity index (χ0n) is 22.6. The Morgan fingerprint density at radius 3 is 2.22 bits per heavy atom. The predicted octanol–water partition coefficient (Wildman–Crippen LogP) is 5.93. The fourth-order valence-corrected chi connectivity index (χ4v) is 4.31. The third-order valence-corrected chi connectivity index (χ3v) is 6.19. The molecule has 2 amide bonds. The highest BCUT2D eigenvalue weighted by Crippen LogP contribution is 2.32. The second-order valence-electron chi connectivity index (χ2n) is 11.0. The predicted molar refractivity (Wildman–Crippen MR) is 147 cm³/mol. The second kappa shape index (κ2) is 13.2. The molecule has 2 rings (SSSR count). The highest BCUT2D eigenvalue weighted by Gasteiger charge is 2.33. The zero-order valence-corrected chi connectivity index (χ0v) is 23.4. The maximum absolute atomic E-state index is 13.7. The van der Waals surface area contributed by atoms with Crippen LogP contribution in [0.5, 0.6) is 0 Å². The summed E-state index contributed by atoms with van der Waals surface area (Å²) in [7, 11) is 0. The van der Waals surface area contributed by atoms with Gasteiger partial charge in [0.05, 0.1) is 0 Å². The zero-order chi connectivity index (χ0) is 27.0. The van der Waals surface area contributed by atoms with Crippen molar-refractivity contribution in [3.8, 4) is 0 Å². The van der Waals surface area contributed by atoms with E-state index in [1.165, 1.54) is 34.7 Å². The molecule has 0 saturated carbocycles. The molecule has 7 heteroatoms. The minimum atomic E-state index is -0.998. The summed E-state index contributed by atoms with van der Waals surface area (Å²) in [5.41, 5.74) is 3.36. The Morgan fingerprint density at radius 1 is 1.06 bits per heavy atom. The summed E-state index contributed by atoms with van der Waals surface area (Å²) in [6.07, 6.45) is 1.94. The molecule has 0 aromatic heterocycles. The van der Waals surface area contributed by atoms with Gasteiger partial charge in [0.25, 0.3) is 0 Å². The normalized spacial score (nSPS) is 13.4. The molecule has 0 aliphatic heterocycles. The SMILES string of the molecule is Cc1cc(CCC(C)(C)C)ccc1N(C(=O)CCl)C(C(=O)NCC(C)NC(C)C)c1ccc(F)cc1. The van der Waals surface area contributed by atoms with Crippen molar-refractivity contribution in [2.24, 2.45) is 5.41 Å². The van der Waals surface area contributed by atoms with Gasteiger partial charge >= 0.3 is 0 Å². The molecule has 0 bridgehead atoms. The molecule has 2 unspecified atom stereocenters. The van der Waals surface area contributed by atoms with Crippen LogP contribution in [0.25, 0.3) is 0 Å². The number of benzene rings is 2. The van der Waals surface area contributed by atoms with Gasteiger partial charge in [0.2, 0.25) is 11.8 Å². The molecule has 0 aliphatic rings. The van der Waals surface area contributed by atoms with E-state index >= 15 is 0 Å². The van der Waals surface area contributed by atoms with Crippen molar-refractivity contribution in [3.05, 3.63) is 65.0 Å².